The maximum Gasteiger partial charge on any atom is 0.322 e. The molecule has 0 spiro atoms. The Balaban J connectivity index is 1.33. The van der Waals surface area contributed by atoms with Crippen molar-refractivity contribution in [1.82, 2.24) is 25.8 Å². The van der Waals surface area contributed by atoms with Gasteiger partial charge in [0.25, 0.3) is 17.7 Å². The first-order chi connectivity index (χ1) is 17.9. The Hall–Kier alpha value is -4.38. The van der Waals surface area contributed by atoms with Crippen LogP contribution in [0.3, 0.4) is 0 Å². The van der Waals surface area contributed by atoms with Gasteiger partial charge in [0.2, 0.25) is 0 Å². The first-order valence-electron chi connectivity index (χ1n) is 12.0. The van der Waals surface area contributed by atoms with E-state index in [0.717, 1.165) is 18.7 Å². The van der Waals surface area contributed by atoms with E-state index in [2.05, 4.69) is 16.0 Å². The SMILES string of the molecule is COc1ccc2c(c1)C(=O)N(C[C@@]1(c3cc4ccc(C(=O)N5CCNCC5)cc4o3)NC(=O)NC1=O)C2. The number of amides is 5. The molecule has 0 saturated carbocycles. The van der Waals surface area contributed by atoms with Gasteiger partial charge in [-0.3, -0.25) is 19.7 Å². The number of urea groups is 1. The fourth-order valence-electron chi connectivity index (χ4n) is 5.16. The van der Waals surface area contributed by atoms with E-state index in [9.17, 15) is 19.2 Å². The minimum Gasteiger partial charge on any atom is -0.497 e. The number of ether oxygens (including phenoxy) is 1. The highest BCUT2D eigenvalue weighted by Gasteiger charge is 2.53. The second kappa shape index (κ2) is 8.63. The zero-order chi connectivity index (χ0) is 25.7. The summed E-state index contributed by atoms with van der Waals surface area (Å²) in [5, 5.41) is 8.85. The lowest BCUT2D eigenvalue weighted by Gasteiger charge is -2.29. The molecule has 11 heteroatoms. The van der Waals surface area contributed by atoms with Crippen molar-refractivity contribution < 1.29 is 28.3 Å². The molecule has 0 aliphatic carbocycles. The Bertz CT molecular complexity index is 1460. The van der Waals surface area contributed by atoms with Gasteiger partial charge in [-0.15, -0.1) is 0 Å². The fraction of sp³-hybridized carbons (Fsp3) is 0.308. The minimum atomic E-state index is -1.62. The molecule has 3 aromatic rings. The van der Waals surface area contributed by atoms with Crippen LogP contribution in [0.5, 0.6) is 5.75 Å². The zero-order valence-electron chi connectivity index (χ0n) is 20.1. The molecule has 2 saturated heterocycles. The molecule has 6 rings (SSSR count). The number of furan rings is 1. The lowest BCUT2D eigenvalue weighted by Crippen LogP contribution is -2.52. The van der Waals surface area contributed by atoms with Gasteiger partial charge >= 0.3 is 6.03 Å². The smallest absolute Gasteiger partial charge is 0.322 e. The Labute approximate surface area is 211 Å². The van der Waals surface area contributed by atoms with Crippen molar-refractivity contribution >= 4 is 34.7 Å². The number of piperazine rings is 1. The largest absolute Gasteiger partial charge is 0.497 e. The summed E-state index contributed by atoms with van der Waals surface area (Å²) < 4.78 is 11.3. The van der Waals surface area contributed by atoms with Gasteiger partial charge in [-0.25, -0.2) is 4.79 Å². The Morgan fingerprint density at radius 2 is 1.89 bits per heavy atom. The van der Waals surface area contributed by atoms with Gasteiger partial charge in [0.15, 0.2) is 5.54 Å². The van der Waals surface area contributed by atoms with Gasteiger partial charge < -0.3 is 29.6 Å². The molecule has 3 aliphatic rings. The summed E-state index contributed by atoms with van der Waals surface area (Å²) in [6, 6.07) is 11.4. The summed E-state index contributed by atoms with van der Waals surface area (Å²) in [5.74, 6) is -0.255. The van der Waals surface area contributed by atoms with Crippen LogP contribution in [0.4, 0.5) is 4.79 Å². The van der Waals surface area contributed by atoms with E-state index >= 15 is 0 Å². The van der Waals surface area contributed by atoms with Crippen molar-refractivity contribution in [2.75, 3.05) is 39.8 Å². The molecule has 0 radical (unpaired) electrons. The van der Waals surface area contributed by atoms with Crippen LogP contribution >= 0.6 is 0 Å². The molecule has 11 nitrogen and oxygen atoms in total. The van der Waals surface area contributed by atoms with E-state index in [0.29, 0.717) is 40.9 Å². The summed E-state index contributed by atoms with van der Waals surface area (Å²) in [6.07, 6.45) is 0. The molecule has 1 aromatic heterocycles. The topological polar surface area (TPSA) is 133 Å². The van der Waals surface area contributed by atoms with Crippen LogP contribution in [0, 0.1) is 0 Å². The Morgan fingerprint density at radius 1 is 1.08 bits per heavy atom. The highest BCUT2D eigenvalue weighted by atomic mass is 16.5. The summed E-state index contributed by atoms with van der Waals surface area (Å²) >= 11 is 0. The molecule has 2 fully saturated rings. The molecule has 5 amide bonds. The van der Waals surface area contributed by atoms with E-state index in [1.165, 1.54) is 12.0 Å². The highest BCUT2D eigenvalue weighted by Crippen LogP contribution is 2.35. The van der Waals surface area contributed by atoms with Gasteiger partial charge in [-0.05, 0) is 35.9 Å². The minimum absolute atomic E-state index is 0.0983. The average molecular weight is 504 g/mol. The fourth-order valence-corrected chi connectivity index (χ4v) is 5.16. The number of rotatable bonds is 5. The molecule has 2 aromatic carbocycles. The predicted octanol–water partition coefficient (Wildman–Crippen LogP) is 1.18. The summed E-state index contributed by atoms with van der Waals surface area (Å²) in [6.45, 7) is 2.85. The van der Waals surface area contributed by atoms with E-state index in [1.807, 2.05) is 6.07 Å². The number of benzene rings is 2. The first-order valence-corrected chi connectivity index (χ1v) is 12.0. The van der Waals surface area contributed by atoms with E-state index in [1.54, 1.807) is 41.3 Å². The van der Waals surface area contributed by atoms with Crippen molar-refractivity contribution in [3.63, 3.8) is 0 Å². The number of hydrogen-bond donors (Lipinski definition) is 3. The number of nitrogens with zero attached hydrogens (tertiary/aromatic N) is 2. The van der Waals surface area contributed by atoms with Crippen molar-refractivity contribution in [2.24, 2.45) is 0 Å². The van der Waals surface area contributed by atoms with E-state index in [4.69, 9.17) is 9.15 Å². The third-order valence-electron chi connectivity index (χ3n) is 7.16. The maximum absolute atomic E-state index is 13.2. The van der Waals surface area contributed by atoms with E-state index in [-0.39, 0.29) is 30.7 Å². The molecule has 37 heavy (non-hydrogen) atoms. The quantitative estimate of drug-likeness (QED) is 0.445. The number of carbonyl (C=O) groups is 4. The number of fused-ring (bicyclic) bond motifs is 2. The molecular formula is C26H25N5O6. The molecular weight excluding hydrogens is 478 g/mol. The molecule has 0 unspecified atom stereocenters. The van der Waals surface area contributed by atoms with Gasteiger partial charge in [0, 0.05) is 49.2 Å². The van der Waals surface area contributed by atoms with Gasteiger partial charge in [-0.2, -0.15) is 0 Å². The monoisotopic (exact) mass is 503 g/mol. The number of methoxy groups -OCH3 is 1. The molecule has 0 bridgehead atoms. The second-order valence-corrected chi connectivity index (χ2v) is 9.40. The van der Waals surface area contributed by atoms with Crippen LogP contribution in [0.25, 0.3) is 11.0 Å². The number of hydrogen-bond acceptors (Lipinski definition) is 7. The third-order valence-corrected chi connectivity index (χ3v) is 7.16. The standard InChI is InChI=1S/C26H25N5O6/c1-36-18-5-4-17-13-31(23(33)19(17)12-18)14-26(24(34)28-25(35)29-26)21-11-15-2-3-16(10-20(15)37-21)22(32)30-8-6-27-7-9-30/h2-5,10-12,27H,6-9,13-14H2,1H3,(H2,28,29,34,35)/t26-/m0/s1. The predicted molar refractivity (Wildman–Crippen MR) is 131 cm³/mol. The van der Waals surface area contributed by atoms with Gasteiger partial charge in [0.1, 0.15) is 17.1 Å². The van der Waals surface area contributed by atoms with Crippen molar-refractivity contribution in [3.05, 3.63) is 64.9 Å². The molecule has 3 aliphatic heterocycles. The zero-order valence-corrected chi connectivity index (χ0v) is 20.1. The Kier molecular flexibility index (Phi) is 5.37. The normalized spacial score (nSPS) is 21.3. The summed E-state index contributed by atoms with van der Waals surface area (Å²) in [7, 11) is 1.52. The Morgan fingerprint density at radius 3 is 2.62 bits per heavy atom. The van der Waals surface area contributed by atoms with Crippen LogP contribution in [0.2, 0.25) is 0 Å². The second-order valence-electron chi connectivity index (χ2n) is 9.40. The van der Waals surface area contributed by atoms with Crippen molar-refractivity contribution in [1.29, 1.82) is 0 Å². The van der Waals surface area contributed by atoms with Crippen LogP contribution in [0.1, 0.15) is 32.0 Å². The molecule has 190 valence electrons. The number of carbonyl (C=O) groups excluding carboxylic acids is 4. The maximum atomic E-state index is 13.2. The summed E-state index contributed by atoms with van der Waals surface area (Å²) in [5.41, 5.74) is 0.542. The van der Waals surface area contributed by atoms with Crippen molar-refractivity contribution in [3.8, 4) is 5.75 Å². The average Bonchev–Trinajstić information content (AvgIpc) is 3.57. The molecule has 4 heterocycles. The van der Waals surface area contributed by atoms with Crippen LogP contribution < -0.4 is 20.7 Å². The van der Waals surface area contributed by atoms with Crippen LogP contribution in [-0.2, 0) is 16.9 Å². The lowest BCUT2D eigenvalue weighted by atomic mass is 9.95. The van der Waals surface area contributed by atoms with Crippen LogP contribution in [0.15, 0.2) is 46.9 Å². The number of imide groups is 1. The molecule has 3 N–H and O–H groups in total. The summed E-state index contributed by atoms with van der Waals surface area (Å²) in [4.78, 5) is 54.9. The molecule has 1 atom stereocenters. The van der Waals surface area contributed by atoms with Crippen molar-refractivity contribution in [2.45, 2.75) is 12.1 Å². The third kappa shape index (κ3) is 3.78. The van der Waals surface area contributed by atoms with E-state index < -0.39 is 17.5 Å². The highest BCUT2D eigenvalue weighted by molar-refractivity contribution is 6.08. The lowest BCUT2D eigenvalue weighted by molar-refractivity contribution is -0.125. The van der Waals surface area contributed by atoms with Crippen LogP contribution in [-0.4, -0.2) is 73.4 Å². The first kappa shape index (κ1) is 23.0. The number of nitrogens with one attached hydrogen (secondary N) is 3. The van der Waals surface area contributed by atoms with Gasteiger partial charge in [0.05, 0.1) is 13.7 Å². The van der Waals surface area contributed by atoms with Gasteiger partial charge in [-0.1, -0.05) is 12.1 Å².